The van der Waals surface area contributed by atoms with Crippen LogP contribution in [-0.4, -0.2) is 32.3 Å². The van der Waals surface area contributed by atoms with E-state index in [1.165, 1.54) is 4.90 Å². The van der Waals surface area contributed by atoms with E-state index in [2.05, 4.69) is 36.9 Å². The summed E-state index contributed by atoms with van der Waals surface area (Å²) < 4.78 is 5.55. The molecule has 0 radical (unpaired) electrons. The van der Waals surface area contributed by atoms with Gasteiger partial charge in [-0.3, -0.25) is 0 Å². The highest BCUT2D eigenvalue weighted by atomic mass is 32.1. The molecule has 0 spiro atoms. The van der Waals surface area contributed by atoms with E-state index in [-0.39, 0.29) is 6.04 Å². The van der Waals surface area contributed by atoms with Gasteiger partial charge < -0.3 is 20.0 Å². The van der Waals surface area contributed by atoms with E-state index in [0.29, 0.717) is 5.11 Å². The average Bonchev–Trinajstić information content (AvgIpc) is 3.04. The number of hydrogen-bond acceptors (Lipinski definition) is 2. The third-order valence-corrected chi connectivity index (χ3v) is 3.64. The van der Waals surface area contributed by atoms with Gasteiger partial charge in [0.2, 0.25) is 0 Å². The normalized spacial score (nSPS) is 12.1. The van der Waals surface area contributed by atoms with Crippen LogP contribution in [0.3, 0.4) is 0 Å². The SMILES string of the molecule is C[NH+](C)CCCNC(=S)N[C@@H](c1ccccc1)c1ccco1. The van der Waals surface area contributed by atoms with Gasteiger partial charge >= 0.3 is 0 Å². The highest BCUT2D eigenvalue weighted by molar-refractivity contribution is 7.80. The first-order valence-electron chi connectivity index (χ1n) is 7.58. The molecule has 1 atom stereocenters. The van der Waals surface area contributed by atoms with Crippen molar-refractivity contribution >= 4 is 17.3 Å². The molecule has 2 rings (SSSR count). The van der Waals surface area contributed by atoms with Crippen molar-refractivity contribution < 1.29 is 9.32 Å². The zero-order chi connectivity index (χ0) is 15.8. The second kappa shape index (κ2) is 8.56. The maximum atomic E-state index is 5.55. The van der Waals surface area contributed by atoms with Crippen LogP contribution >= 0.6 is 12.2 Å². The van der Waals surface area contributed by atoms with Crippen LogP contribution in [0, 0.1) is 0 Å². The fourth-order valence-corrected chi connectivity index (χ4v) is 2.47. The Morgan fingerprint density at radius 2 is 1.95 bits per heavy atom. The van der Waals surface area contributed by atoms with Gasteiger partial charge in [-0.25, -0.2) is 0 Å². The molecule has 22 heavy (non-hydrogen) atoms. The summed E-state index contributed by atoms with van der Waals surface area (Å²) in [4.78, 5) is 1.44. The van der Waals surface area contributed by atoms with Gasteiger partial charge in [-0.2, -0.15) is 0 Å². The largest absolute Gasteiger partial charge is 0.467 e. The monoisotopic (exact) mass is 318 g/mol. The molecular weight excluding hydrogens is 294 g/mol. The van der Waals surface area contributed by atoms with Crippen molar-refractivity contribution in [3.63, 3.8) is 0 Å². The molecule has 0 saturated heterocycles. The first kappa shape index (κ1) is 16.5. The van der Waals surface area contributed by atoms with E-state index in [4.69, 9.17) is 16.6 Å². The molecule has 1 aromatic heterocycles. The zero-order valence-electron chi connectivity index (χ0n) is 13.1. The van der Waals surface area contributed by atoms with Crippen molar-refractivity contribution in [1.82, 2.24) is 10.6 Å². The van der Waals surface area contributed by atoms with Gasteiger partial charge in [0.15, 0.2) is 5.11 Å². The molecular formula is C17H24N3OS+. The fourth-order valence-electron chi connectivity index (χ4n) is 2.25. The number of quaternary nitrogens is 1. The molecule has 0 saturated carbocycles. The summed E-state index contributed by atoms with van der Waals surface area (Å²) >= 11 is 5.41. The Morgan fingerprint density at radius 1 is 1.18 bits per heavy atom. The van der Waals surface area contributed by atoms with Gasteiger partial charge in [0.25, 0.3) is 0 Å². The van der Waals surface area contributed by atoms with Gasteiger partial charge in [0.1, 0.15) is 11.8 Å². The molecule has 1 aromatic carbocycles. The summed E-state index contributed by atoms with van der Waals surface area (Å²) in [6, 6.07) is 14.0. The fraction of sp³-hybridized carbons (Fsp3) is 0.353. The molecule has 4 nitrogen and oxygen atoms in total. The molecule has 118 valence electrons. The number of benzene rings is 1. The molecule has 1 heterocycles. The summed E-state index contributed by atoms with van der Waals surface area (Å²) in [5.41, 5.74) is 1.12. The summed E-state index contributed by atoms with van der Waals surface area (Å²) in [6.07, 6.45) is 2.77. The average molecular weight is 318 g/mol. The van der Waals surface area contributed by atoms with Crippen LogP contribution in [0.4, 0.5) is 0 Å². The lowest BCUT2D eigenvalue weighted by atomic mass is 10.1. The molecule has 0 unspecified atom stereocenters. The number of nitrogens with one attached hydrogen (secondary N) is 3. The highest BCUT2D eigenvalue weighted by Gasteiger charge is 2.17. The number of rotatable bonds is 7. The first-order chi connectivity index (χ1) is 10.7. The first-order valence-corrected chi connectivity index (χ1v) is 7.99. The summed E-state index contributed by atoms with van der Waals surface area (Å²) in [6.45, 7) is 1.99. The van der Waals surface area contributed by atoms with Gasteiger partial charge in [-0.1, -0.05) is 30.3 Å². The van der Waals surface area contributed by atoms with E-state index in [1.807, 2.05) is 30.3 Å². The highest BCUT2D eigenvalue weighted by Crippen LogP contribution is 2.22. The minimum Gasteiger partial charge on any atom is -0.467 e. The lowest BCUT2D eigenvalue weighted by Gasteiger charge is -2.19. The van der Waals surface area contributed by atoms with Crippen molar-refractivity contribution in [2.45, 2.75) is 12.5 Å². The van der Waals surface area contributed by atoms with E-state index in [1.54, 1.807) is 6.26 Å². The Morgan fingerprint density at radius 3 is 2.59 bits per heavy atom. The zero-order valence-corrected chi connectivity index (χ0v) is 14.0. The second-order valence-corrected chi connectivity index (χ2v) is 5.98. The van der Waals surface area contributed by atoms with Crippen molar-refractivity contribution in [2.24, 2.45) is 0 Å². The molecule has 3 N–H and O–H groups in total. The second-order valence-electron chi connectivity index (χ2n) is 5.57. The standard InChI is InChI=1S/C17H23N3OS/c1-20(2)12-7-11-18-17(22)19-16(15-10-6-13-21-15)14-8-4-3-5-9-14/h3-6,8-10,13,16H,7,11-12H2,1-2H3,(H2,18,19,22)/p+1/t16-/m0/s1. The van der Waals surface area contributed by atoms with E-state index < -0.39 is 0 Å². The molecule has 0 bridgehead atoms. The topological polar surface area (TPSA) is 41.6 Å². The van der Waals surface area contributed by atoms with E-state index in [9.17, 15) is 0 Å². The van der Waals surface area contributed by atoms with Crippen molar-refractivity contribution in [2.75, 3.05) is 27.2 Å². The van der Waals surface area contributed by atoms with Crippen LogP contribution in [0.15, 0.2) is 53.1 Å². The van der Waals surface area contributed by atoms with Gasteiger partial charge in [-0.05, 0) is 29.9 Å². The predicted molar refractivity (Wildman–Crippen MR) is 93.0 cm³/mol. The number of furan rings is 1. The molecule has 0 aliphatic heterocycles. The third-order valence-electron chi connectivity index (χ3n) is 3.38. The molecule has 2 aromatic rings. The molecule has 0 aliphatic carbocycles. The van der Waals surface area contributed by atoms with Gasteiger partial charge in [0.05, 0.1) is 26.9 Å². The predicted octanol–water partition coefficient (Wildman–Crippen LogP) is 1.37. The van der Waals surface area contributed by atoms with Crippen LogP contribution in [0.1, 0.15) is 23.8 Å². The van der Waals surface area contributed by atoms with Crippen molar-refractivity contribution in [3.05, 3.63) is 60.1 Å². The van der Waals surface area contributed by atoms with Crippen molar-refractivity contribution in [3.8, 4) is 0 Å². The molecule has 0 aliphatic rings. The summed E-state index contributed by atoms with van der Waals surface area (Å²) in [5, 5.41) is 7.26. The van der Waals surface area contributed by atoms with Crippen LogP contribution < -0.4 is 15.5 Å². The van der Waals surface area contributed by atoms with Crippen LogP contribution in [0.2, 0.25) is 0 Å². The Balaban J connectivity index is 1.94. The lowest BCUT2D eigenvalue weighted by Crippen LogP contribution is -3.05. The Labute approximate surface area is 137 Å². The number of thiocarbonyl (C=S) groups is 1. The number of hydrogen-bond donors (Lipinski definition) is 3. The maximum absolute atomic E-state index is 5.55. The summed E-state index contributed by atoms with van der Waals surface area (Å²) in [5.74, 6) is 0.855. The third kappa shape index (κ3) is 5.16. The molecule has 5 heteroatoms. The minimum absolute atomic E-state index is 0.0735. The minimum atomic E-state index is -0.0735. The maximum Gasteiger partial charge on any atom is 0.167 e. The Bertz CT molecular complexity index is 555. The van der Waals surface area contributed by atoms with E-state index in [0.717, 1.165) is 30.8 Å². The van der Waals surface area contributed by atoms with E-state index >= 15 is 0 Å². The quantitative estimate of drug-likeness (QED) is 0.533. The van der Waals surface area contributed by atoms with Crippen LogP contribution in [-0.2, 0) is 0 Å². The van der Waals surface area contributed by atoms with Gasteiger partial charge in [0, 0.05) is 13.0 Å². The Kier molecular flexibility index (Phi) is 6.43. The lowest BCUT2D eigenvalue weighted by molar-refractivity contribution is -0.858. The molecule has 0 amide bonds. The van der Waals surface area contributed by atoms with Gasteiger partial charge in [-0.15, -0.1) is 0 Å². The van der Waals surface area contributed by atoms with Crippen molar-refractivity contribution in [1.29, 1.82) is 0 Å². The Hall–Kier alpha value is -1.85. The van der Waals surface area contributed by atoms with Crippen LogP contribution in [0.5, 0.6) is 0 Å². The molecule has 0 fully saturated rings. The van der Waals surface area contributed by atoms with Crippen LogP contribution in [0.25, 0.3) is 0 Å². The smallest absolute Gasteiger partial charge is 0.167 e. The summed E-state index contributed by atoms with van der Waals surface area (Å²) in [7, 11) is 4.30.